The van der Waals surface area contributed by atoms with Gasteiger partial charge in [-0.15, -0.1) is 0 Å². The number of aryl methyl sites for hydroxylation is 1. The lowest BCUT2D eigenvalue weighted by Crippen LogP contribution is -2.44. The number of carbonyl (C=O) groups excluding carboxylic acids is 1. The van der Waals surface area contributed by atoms with Crippen molar-refractivity contribution < 1.29 is 14.3 Å². The molecule has 2 aliphatic rings. The van der Waals surface area contributed by atoms with Gasteiger partial charge in [-0.2, -0.15) is 5.10 Å². The van der Waals surface area contributed by atoms with Crippen molar-refractivity contribution in [3.05, 3.63) is 65.5 Å². The Morgan fingerprint density at radius 1 is 1.11 bits per heavy atom. The molecule has 2 fully saturated rings. The van der Waals surface area contributed by atoms with Crippen LogP contribution in [0.3, 0.4) is 0 Å². The summed E-state index contributed by atoms with van der Waals surface area (Å²) in [5.41, 5.74) is 5.79. The van der Waals surface area contributed by atoms with Crippen LogP contribution in [0.1, 0.15) is 53.3 Å². The van der Waals surface area contributed by atoms with E-state index in [9.17, 15) is 4.79 Å². The number of rotatable bonds is 7. The van der Waals surface area contributed by atoms with Gasteiger partial charge >= 0.3 is 0 Å². The van der Waals surface area contributed by atoms with Crippen molar-refractivity contribution in [3.8, 4) is 16.9 Å². The molecule has 0 bridgehead atoms. The number of nitrogens with zero attached hydrogens (tertiary/aromatic N) is 4. The fourth-order valence-corrected chi connectivity index (χ4v) is 5.32. The number of anilines is 1. The molecule has 0 radical (unpaired) electrons. The number of nitrogens with one attached hydrogen (secondary N) is 1. The molecule has 0 saturated carbocycles. The summed E-state index contributed by atoms with van der Waals surface area (Å²) in [6.45, 7) is 9.55. The molecule has 202 valence electrons. The van der Waals surface area contributed by atoms with Crippen molar-refractivity contribution in [2.75, 3.05) is 58.5 Å². The Morgan fingerprint density at radius 2 is 1.87 bits per heavy atom. The fourth-order valence-electron chi connectivity index (χ4n) is 5.32. The summed E-state index contributed by atoms with van der Waals surface area (Å²) in [6, 6.07) is 12.5. The summed E-state index contributed by atoms with van der Waals surface area (Å²) in [5.74, 6) is 0.727. The van der Waals surface area contributed by atoms with Crippen molar-refractivity contribution in [3.63, 3.8) is 0 Å². The van der Waals surface area contributed by atoms with Gasteiger partial charge in [-0.1, -0.05) is 12.1 Å². The first-order valence-corrected chi connectivity index (χ1v) is 13.6. The van der Waals surface area contributed by atoms with E-state index in [-0.39, 0.29) is 11.9 Å². The third-order valence-electron chi connectivity index (χ3n) is 7.88. The lowest BCUT2D eigenvalue weighted by Gasteiger charge is -2.34. The van der Waals surface area contributed by atoms with Crippen molar-refractivity contribution in [2.45, 2.75) is 38.8 Å². The largest absolute Gasteiger partial charge is 0.496 e. The highest BCUT2D eigenvalue weighted by molar-refractivity contribution is 5.97. The molecule has 1 atom stereocenters. The summed E-state index contributed by atoms with van der Waals surface area (Å²) in [7, 11) is 3.83. The van der Waals surface area contributed by atoms with Crippen LogP contribution in [0.2, 0.25) is 0 Å². The van der Waals surface area contributed by atoms with Gasteiger partial charge in [-0.25, -0.2) is 0 Å². The smallest absolute Gasteiger partial charge is 0.252 e. The van der Waals surface area contributed by atoms with E-state index >= 15 is 0 Å². The van der Waals surface area contributed by atoms with Crippen molar-refractivity contribution in [1.29, 1.82) is 0 Å². The van der Waals surface area contributed by atoms with Crippen molar-refractivity contribution >= 4 is 11.6 Å². The van der Waals surface area contributed by atoms with Gasteiger partial charge in [0.2, 0.25) is 0 Å². The third-order valence-corrected chi connectivity index (χ3v) is 7.88. The van der Waals surface area contributed by atoms with Gasteiger partial charge in [0.25, 0.3) is 5.91 Å². The van der Waals surface area contributed by atoms with E-state index in [4.69, 9.17) is 9.47 Å². The Labute approximate surface area is 225 Å². The Hall–Kier alpha value is -3.36. The SMILES string of the molecule is COc1ccc([C@@H](C)NC(=O)c2cc(N3CCN(C)CC3)ccc2C)cc1-c1cnn(C2CCOCC2)c1. The minimum atomic E-state index is -0.176. The van der Waals surface area contributed by atoms with E-state index in [0.29, 0.717) is 6.04 Å². The Bertz CT molecular complexity index is 1260. The molecule has 2 aromatic carbocycles. The Morgan fingerprint density at radius 3 is 2.61 bits per heavy atom. The van der Waals surface area contributed by atoms with Crippen molar-refractivity contribution in [2.24, 2.45) is 0 Å². The average Bonchev–Trinajstić information content (AvgIpc) is 3.44. The summed E-state index contributed by atoms with van der Waals surface area (Å²) in [4.78, 5) is 18.1. The molecule has 2 saturated heterocycles. The van der Waals surface area contributed by atoms with Gasteiger partial charge in [0, 0.05) is 68.0 Å². The maximum absolute atomic E-state index is 13.4. The summed E-state index contributed by atoms with van der Waals surface area (Å²) in [6.07, 6.45) is 5.93. The average molecular weight is 518 g/mol. The van der Waals surface area contributed by atoms with Crippen LogP contribution in [0.25, 0.3) is 11.1 Å². The molecule has 1 amide bonds. The van der Waals surface area contributed by atoms with E-state index in [1.54, 1.807) is 7.11 Å². The zero-order valence-corrected chi connectivity index (χ0v) is 22.9. The second-order valence-corrected chi connectivity index (χ2v) is 10.5. The highest BCUT2D eigenvalue weighted by Gasteiger charge is 2.21. The number of carbonyl (C=O) groups is 1. The molecule has 0 unspecified atom stereocenters. The molecular weight excluding hydrogens is 478 g/mol. The van der Waals surface area contributed by atoms with Gasteiger partial charge < -0.3 is 24.6 Å². The van der Waals surface area contributed by atoms with Crippen LogP contribution in [-0.4, -0.2) is 74.1 Å². The Kier molecular flexibility index (Phi) is 8.00. The summed E-state index contributed by atoms with van der Waals surface area (Å²) < 4.78 is 13.2. The number of aromatic nitrogens is 2. The molecule has 1 aromatic heterocycles. The normalized spacial score (nSPS) is 17.8. The topological polar surface area (TPSA) is 71.9 Å². The quantitative estimate of drug-likeness (QED) is 0.499. The molecule has 8 nitrogen and oxygen atoms in total. The highest BCUT2D eigenvalue weighted by atomic mass is 16.5. The van der Waals surface area contributed by atoms with Crippen LogP contribution in [0.4, 0.5) is 5.69 Å². The molecule has 5 rings (SSSR count). The molecule has 8 heteroatoms. The molecule has 1 N–H and O–H groups in total. The number of likely N-dealkylation sites (N-methyl/N-ethyl adjacent to an activating group) is 1. The molecular formula is C30H39N5O3. The first-order valence-electron chi connectivity index (χ1n) is 13.6. The number of hydrogen-bond acceptors (Lipinski definition) is 6. The van der Waals surface area contributed by atoms with E-state index in [1.165, 1.54) is 0 Å². The fraction of sp³-hybridized carbons (Fsp3) is 0.467. The van der Waals surface area contributed by atoms with Crippen LogP contribution in [0, 0.1) is 6.92 Å². The standard InChI is InChI=1S/C30H39N5O3/c1-21-5-7-26(34-13-11-33(3)12-14-34)18-27(21)30(36)32-22(2)23-6-8-29(37-4)28(17-23)24-19-31-35(20-24)25-9-15-38-16-10-25/h5-8,17-20,22,25H,9-16H2,1-4H3,(H,32,36)/t22-/m1/s1. The lowest BCUT2D eigenvalue weighted by molar-refractivity contribution is 0.0662. The molecule has 0 aliphatic carbocycles. The van der Waals surface area contributed by atoms with Gasteiger partial charge in [-0.05, 0) is 69.1 Å². The molecule has 3 aromatic rings. The second kappa shape index (κ2) is 11.6. The number of piperazine rings is 1. The summed E-state index contributed by atoms with van der Waals surface area (Å²) >= 11 is 0. The molecule has 38 heavy (non-hydrogen) atoms. The van der Waals surface area contributed by atoms with Gasteiger partial charge in [0.1, 0.15) is 5.75 Å². The summed E-state index contributed by atoms with van der Waals surface area (Å²) in [5, 5.41) is 7.87. The predicted molar refractivity (Wildman–Crippen MR) is 150 cm³/mol. The maximum Gasteiger partial charge on any atom is 0.252 e. The minimum absolute atomic E-state index is 0.0596. The zero-order valence-electron chi connectivity index (χ0n) is 22.9. The highest BCUT2D eigenvalue weighted by Crippen LogP contribution is 2.34. The Balaban J connectivity index is 1.33. The van der Waals surface area contributed by atoms with Crippen LogP contribution >= 0.6 is 0 Å². The van der Waals surface area contributed by atoms with E-state index in [1.807, 2.05) is 42.9 Å². The maximum atomic E-state index is 13.4. The number of ether oxygens (including phenoxy) is 2. The van der Waals surface area contributed by atoms with Gasteiger partial charge in [-0.3, -0.25) is 9.48 Å². The van der Waals surface area contributed by atoms with Crippen LogP contribution in [-0.2, 0) is 4.74 Å². The first kappa shape index (κ1) is 26.3. The number of hydrogen-bond donors (Lipinski definition) is 1. The second-order valence-electron chi connectivity index (χ2n) is 10.5. The van der Waals surface area contributed by atoms with Crippen LogP contribution in [0.5, 0.6) is 5.75 Å². The van der Waals surface area contributed by atoms with E-state index in [0.717, 1.165) is 91.5 Å². The van der Waals surface area contributed by atoms with Crippen LogP contribution < -0.4 is 15.0 Å². The van der Waals surface area contributed by atoms with Gasteiger partial charge in [0.05, 0.1) is 25.4 Å². The third kappa shape index (κ3) is 5.71. The molecule has 2 aliphatic heterocycles. The number of amides is 1. The van der Waals surface area contributed by atoms with Crippen LogP contribution in [0.15, 0.2) is 48.8 Å². The monoisotopic (exact) mass is 517 g/mol. The molecule has 3 heterocycles. The molecule has 0 spiro atoms. The first-order chi connectivity index (χ1) is 18.4. The number of methoxy groups -OCH3 is 1. The number of benzene rings is 2. The van der Waals surface area contributed by atoms with Crippen molar-refractivity contribution in [1.82, 2.24) is 20.0 Å². The predicted octanol–water partition coefficient (Wildman–Crippen LogP) is 4.46. The van der Waals surface area contributed by atoms with E-state index in [2.05, 4.69) is 51.7 Å². The van der Waals surface area contributed by atoms with Gasteiger partial charge in [0.15, 0.2) is 0 Å². The van der Waals surface area contributed by atoms with E-state index < -0.39 is 0 Å². The zero-order chi connectivity index (χ0) is 26.6. The lowest BCUT2D eigenvalue weighted by atomic mass is 10.00. The minimum Gasteiger partial charge on any atom is -0.496 e.